The van der Waals surface area contributed by atoms with E-state index < -0.39 is 9.85 Å². The van der Waals surface area contributed by atoms with Crippen LogP contribution in [0.1, 0.15) is 22.3 Å². The van der Waals surface area contributed by atoms with Crippen LogP contribution in [-0.2, 0) is 33.2 Å². The number of rotatable bonds is 12. The van der Waals surface area contributed by atoms with Gasteiger partial charge in [0.25, 0.3) is 0 Å². The van der Waals surface area contributed by atoms with Crippen LogP contribution in [0.5, 0.6) is 0 Å². The molecule has 25 nitrogen and oxygen atoms in total. The maximum absolute atomic E-state index is 12.2. The molecule has 0 amide bonds. The molecule has 82 heavy (non-hydrogen) atoms. The minimum absolute atomic E-state index is 0.0313. The van der Waals surface area contributed by atoms with Crippen molar-refractivity contribution in [3.05, 3.63) is 247 Å². The number of anilines is 3. The van der Waals surface area contributed by atoms with Crippen LogP contribution in [0.15, 0.2) is 162 Å². The van der Waals surface area contributed by atoms with Crippen LogP contribution in [0.4, 0.5) is 28.7 Å². The number of imidazole rings is 2. The van der Waals surface area contributed by atoms with E-state index in [0.29, 0.717) is 60.0 Å². The van der Waals surface area contributed by atoms with Crippen LogP contribution in [0.25, 0.3) is 22.3 Å². The second kappa shape index (κ2) is 29.3. The Balaban J connectivity index is 0.000000149. The summed E-state index contributed by atoms with van der Waals surface area (Å²) in [6.07, 6.45) is 6.60. The molecule has 7 aromatic heterocycles. The van der Waals surface area contributed by atoms with Gasteiger partial charge in [0.2, 0.25) is 37.4 Å². The lowest BCUT2D eigenvalue weighted by atomic mass is 10.2. The van der Waals surface area contributed by atoms with E-state index in [2.05, 4.69) is 65.5 Å². The van der Waals surface area contributed by atoms with Gasteiger partial charge in [0.15, 0.2) is 17.1 Å². The van der Waals surface area contributed by atoms with Crippen LogP contribution in [0.3, 0.4) is 0 Å². The molecular formula is C51H41Cl6N19O6. The first-order valence-corrected chi connectivity index (χ1v) is 25.8. The number of fused-ring (bicyclic) bond motifs is 2. The average Bonchev–Trinajstić information content (AvgIpc) is 4.17. The fourth-order valence-corrected chi connectivity index (χ4v) is 7.95. The number of H-pyrrole nitrogens is 1. The molecule has 11 aromatic rings. The smallest absolute Gasteiger partial charge is 0.330 e. The molecule has 0 unspecified atom stereocenters. The van der Waals surface area contributed by atoms with Gasteiger partial charge in [-0.2, -0.15) is 24.9 Å². The Bertz CT molecular complexity index is 4070. The highest BCUT2D eigenvalue weighted by Gasteiger charge is 2.18. The third-order valence-corrected chi connectivity index (χ3v) is 12.1. The number of aromatic nitrogens is 14. The van der Waals surface area contributed by atoms with Crippen molar-refractivity contribution < 1.29 is 9.85 Å². The lowest BCUT2D eigenvalue weighted by Crippen LogP contribution is -2.22. The maximum atomic E-state index is 12.2. The Kier molecular flexibility index (Phi) is 21.6. The number of halogens is 6. The summed E-state index contributed by atoms with van der Waals surface area (Å²) in [7, 11) is 1.70. The Hall–Kier alpha value is -9.24. The van der Waals surface area contributed by atoms with Crippen LogP contribution >= 0.6 is 69.6 Å². The van der Waals surface area contributed by atoms with E-state index in [1.807, 2.05) is 121 Å². The van der Waals surface area contributed by atoms with E-state index in [-0.39, 0.29) is 60.1 Å². The van der Waals surface area contributed by atoms with E-state index in [1.54, 1.807) is 17.8 Å². The molecule has 0 aliphatic rings. The van der Waals surface area contributed by atoms with Crippen molar-refractivity contribution in [2.45, 2.75) is 26.2 Å². The Morgan fingerprint density at radius 3 is 1.45 bits per heavy atom. The van der Waals surface area contributed by atoms with Gasteiger partial charge in [0, 0.05) is 20.1 Å². The lowest BCUT2D eigenvalue weighted by Gasteiger charge is -2.07. The van der Waals surface area contributed by atoms with E-state index >= 15 is 0 Å². The quantitative estimate of drug-likeness (QED) is 0.0382. The monoisotopic (exact) mass is 1230 g/mol. The molecule has 418 valence electrons. The van der Waals surface area contributed by atoms with Gasteiger partial charge < -0.3 is 21.4 Å². The molecule has 0 spiro atoms. The van der Waals surface area contributed by atoms with Crippen LogP contribution in [-0.4, -0.2) is 78.4 Å². The summed E-state index contributed by atoms with van der Waals surface area (Å²) in [6, 6.07) is 38.9. The van der Waals surface area contributed by atoms with Crippen molar-refractivity contribution in [1.82, 2.24) is 68.5 Å². The van der Waals surface area contributed by atoms with Gasteiger partial charge in [-0.05, 0) is 80.3 Å². The summed E-state index contributed by atoms with van der Waals surface area (Å²) in [5, 5.41) is 27.0. The standard InChI is InChI=1S/C13H11ClN4O.C12H9ClN4O.C11H9ClN4O2.C11H11ClN4.C4HCl2N3O2/c1-17-10-7-15-12(14)16-11(10)18(13(17)19)8-9-5-3-2-4-6-9;13-11-14-6-9-10(16-11)17(12(18)15-9)7-8-4-2-1-3-5-8;12-11-14-7-9(16(17)18)10(15-11)13-6-8-4-2-1-3-5-8;12-11-15-7-9(13)10(16-11)14-6-8-4-2-1-3-5-8;5-3-2(9(10)11)1-7-4(6)8-3/h2-7H,8H2,1H3;1-6H,7H2,(H,15,18);1-5,7H,6H2,(H,13,14,15);1-5,7H,6,13H2,(H,14,15,16);1H. The molecule has 0 radical (unpaired) electrons. The number of benzene rings is 4. The fourth-order valence-electron chi connectivity index (χ4n) is 7.05. The molecule has 4 aromatic carbocycles. The molecule has 0 aliphatic heterocycles. The van der Waals surface area contributed by atoms with Gasteiger partial charge in [-0.3, -0.25) is 33.9 Å². The molecule has 0 bridgehead atoms. The Labute approximate surface area is 493 Å². The largest absolute Gasteiger partial charge is 0.394 e. The summed E-state index contributed by atoms with van der Waals surface area (Å²) in [6.45, 7) is 1.99. The molecular weight excluding hydrogens is 1190 g/mol. The molecule has 0 atom stereocenters. The van der Waals surface area contributed by atoms with E-state index in [0.717, 1.165) is 34.6 Å². The minimum Gasteiger partial charge on any atom is -0.394 e. The molecule has 11 rings (SSSR count). The number of nitrogens with one attached hydrogen (secondary N) is 3. The van der Waals surface area contributed by atoms with Gasteiger partial charge in [-0.25, -0.2) is 34.5 Å². The number of aryl methyl sites for hydroxylation is 1. The predicted octanol–water partition coefficient (Wildman–Crippen LogP) is 10.3. The highest BCUT2D eigenvalue weighted by atomic mass is 35.5. The Morgan fingerprint density at radius 1 is 0.512 bits per heavy atom. The van der Waals surface area contributed by atoms with Crippen molar-refractivity contribution in [1.29, 1.82) is 0 Å². The van der Waals surface area contributed by atoms with Crippen LogP contribution < -0.4 is 27.7 Å². The van der Waals surface area contributed by atoms with Gasteiger partial charge in [0.1, 0.15) is 23.4 Å². The van der Waals surface area contributed by atoms with Gasteiger partial charge in [0.05, 0.1) is 47.2 Å². The third kappa shape index (κ3) is 17.1. The molecule has 31 heteroatoms. The van der Waals surface area contributed by atoms with E-state index in [9.17, 15) is 29.8 Å². The lowest BCUT2D eigenvalue weighted by molar-refractivity contribution is -0.385. The molecule has 0 aliphatic carbocycles. The highest BCUT2D eigenvalue weighted by Crippen LogP contribution is 2.24. The molecule has 5 N–H and O–H groups in total. The summed E-state index contributed by atoms with van der Waals surface area (Å²) in [4.78, 5) is 84.4. The highest BCUT2D eigenvalue weighted by molar-refractivity contribution is 6.33. The van der Waals surface area contributed by atoms with E-state index in [1.165, 1.54) is 21.5 Å². The second-order valence-corrected chi connectivity index (χ2v) is 18.5. The molecule has 0 fully saturated rings. The van der Waals surface area contributed by atoms with Crippen molar-refractivity contribution in [2.24, 2.45) is 7.05 Å². The topological polar surface area (TPSA) is 330 Å². The summed E-state index contributed by atoms with van der Waals surface area (Å²) < 4.78 is 4.66. The first-order valence-electron chi connectivity index (χ1n) is 23.5. The van der Waals surface area contributed by atoms with Gasteiger partial charge in [-0.15, -0.1) is 0 Å². The minimum atomic E-state index is -0.682. The normalized spacial score (nSPS) is 10.4. The summed E-state index contributed by atoms with van der Waals surface area (Å²) >= 11 is 33.5. The molecule has 0 saturated carbocycles. The third-order valence-electron chi connectivity index (χ3n) is 10.9. The number of aromatic amines is 1. The number of nitro groups is 2. The van der Waals surface area contributed by atoms with Crippen molar-refractivity contribution >= 4 is 121 Å². The molecule has 0 saturated heterocycles. The zero-order valence-electron chi connectivity index (χ0n) is 42.3. The zero-order chi connectivity index (χ0) is 58.7. The van der Waals surface area contributed by atoms with Crippen molar-refractivity contribution in [3.8, 4) is 0 Å². The van der Waals surface area contributed by atoms with Gasteiger partial charge in [-0.1, -0.05) is 133 Å². The van der Waals surface area contributed by atoms with Crippen LogP contribution in [0, 0.1) is 20.2 Å². The number of nitrogens with two attached hydrogens (primary N) is 1. The molecule has 7 heterocycles. The SMILES string of the molecule is Cn1c(=O)n(Cc2ccccc2)c2nc(Cl)ncc21.Nc1cnc(Cl)nc1NCc1ccccc1.O=[N+]([O-])c1cnc(Cl)nc1Cl.O=[N+]([O-])c1cnc(Cl)nc1NCc1ccccc1.O=c1[nH]c2cnc(Cl)nc2n1Cc1ccccc1. The fraction of sp³-hybridized carbons (Fsp3) is 0.0980. The average molecular weight is 1230 g/mol. The summed E-state index contributed by atoms with van der Waals surface area (Å²) in [5.74, 6) is 0.674. The number of hydrogen-bond donors (Lipinski definition) is 4. The first-order chi connectivity index (χ1) is 39.4. The Morgan fingerprint density at radius 2 is 0.927 bits per heavy atom. The first kappa shape index (κ1) is 60.4. The van der Waals surface area contributed by atoms with Crippen molar-refractivity contribution in [3.63, 3.8) is 0 Å². The number of nitrogen functional groups attached to an aromatic ring is 1. The van der Waals surface area contributed by atoms with Crippen LogP contribution in [0.2, 0.25) is 31.6 Å². The number of hydrogen-bond acceptors (Lipinski definition) is 19. The maximum Gasteiger partial charge on any atom is 0.330 e. The zero-order valence-corrected chi connectivity index (χ0v) is 46.8. The predicted molar refractivity (Wildman–Crippen MR) is 313 cm³/mol. The summed E-state index contributed by atoms with van der Waals surface area (Å²) in [5.41, 5.74) is 11.8. The second-order valence-electron chi connectivity index (χ2n) is 16.5. The van der Waals surface area contributed by atoms with Gasteiger partial charge >= 0.3 is 22.8 Å². The number of nitrogens with zero attached hydrogens (tertiary/aromatic N) is 15. The van der Waals surface area contributed by atoms with E-state index in [4.69, 9.17) is 75.3 Å². The van der Waals surface area contributed by atoms with Crippen molar-refractivity contribution in [2.75, 3.05) is 16.4 Å².